The van der Waals surface area contributed by atoms with Gasteiger partial charge in [0.25, 0.3) is 0 Å². The second kappa shape index (κ2) is 61.3. The van der Waals surface area contributed by atoms with Crippen LogP contribution in [0.25, 0.3) is 0 Å². The molecule has 0 aromatic carbocycles. The summed E-state index contributed by atoms with van der Waals surface area (Å²) in [6, 6.07) is -0.828. The zero-order chi connectivity index (χ0) is 65.2. The molecule has 2 heterocycles. The highest BCUT2D eigenvalue weighted by atomic mass is 16.7. The van der Waals surface area contributed by atoms with Crippen LogP contribution in [-0.2, 0) is 23.7 Å². The average Bonchev–Trinajstić information content (AvgIpc) is 1.28. The van der Waals surface area contributed by atoms with Crippen molar-refractivity contribution in [3.05, 3.63) is 12.2 Å². The van der Waals surface area contributed by atoms with Gasteiger partial charge in [-0.1, -0.05) is 341 Å². The van der Waals surface area contributed by atoms with Crippen LogP contribution in [0.3, 0.4) is 0 Å². The predicted octanol–water partition coefficient (Wildman–Crippen LogP) is 16.9. The molecule has 2 rings (SSSR count). The summed E-state index contributed by atoms with van der Waals surface area (Å²) in [5, 5.41) is 87.8. The molecule has 14 nitrogen and oxygen atoms in total. The van der Waals surface area contributed by atoms with Gasteiger partial charge in [0.15, 0.2) is 12.6 Å². The van der Waals surface area contributed by atoms with Crippen LogP contribution >= 0.6 is 0 Å². The third-order valence-electron chi connectivity index (χ3n) is 19.5. The SMILES string of the molecule is CCCCCCCCCC/C=C\CCCCCCCCCCCCCC(=O)NC(COC1OC(CO)C(OC2OC(CO)C(O)C(O)C2O)C(O)C1O)C(O)CCCCCCCCCCCCCCCCCCCCCCCCCCCCCCCCCCC. The summed E-state index contributed by atoms with van der Waals surface area (Å²) in [5.41, 5.74) is 0. The van der Waals surface area contributed by atoms with E-state index in [0.717, 1.165) is 51.4 Å². The first-order chi connectivity index (χ1) is 44.1. The van der Waals surface area contributed by atoms with Gasteiger partial charge >= 0.3 is 0 Å². The van der Waals surface area contributed by atoms with Gasteiger partial charge in [-0.25, -0.2) is 0 Å². The second-order valence-corrected chi connectivity index (χ2v) is 27.8. The Bertz CT molecular complexity index is 1560. The van der Waals surface area contributed by atoms with E-state index in [1.807, 2.05) is 0 Å². The van der Waals surface area contributed by atoms with Crippen molar-refractivity contribution >= 4 is 5.91 Å². The maximum atomic E-state index is 13.4. The van der Waals surface area contributed by atoms with E-state index in [1.165, 1.54) is 295 Å². The van der Waals surface area contributed by atoms with E-state index >= 15 is 0 Å². The van der Waals surface area contributed by atoms with Crippen molar-refractivity contribution in [3.8, 4) is 0 Å². The first-order valence-electron chi connectivity index (χ1n) is 38.9. The highest BCUT2D eigenvalue weighted by Gasteiger charge is 2.51. The van der Waals surface area contributed by atoms with Crippen molar-refractivity contribution in [3.63, 3.8) is 0 Å². The quantitative estimate of drug-likeness (QED) is 0.0204. The zero-order valence-corrected chi connectivity index (χ0v) is 58.4. The molecular weight excluding hydrogens is 1130 g/mol. The molecule has 9 N–H and O–H groups in total. The summed E-state index contributed by atoms with van der Waals surface area (Å²) in [6.07, 6.45) is 59.6. The number of amides is 1. The molecule has 0 spiro atoms. The van der Waals surface area contributed by atoms with Gasteiger partial charge in [-0.15, -0.1) is 0 Å². The van der Waals surface area contributed by atoms with Crippen molar-refractivity contribution in [2.75, 3.05) is 19.8 Å². The van der Waals surface area contributed by atoms with Gasteiger partial charge in [-0.05, 0) is 38.5 Å². The van der Waals surface area contributed by atoms with E-state index < -0.39 is 86.8 Å². The monoisotopic (exact) mass is 1280 g/mol. The molecule has 14 heteroatoms. The zero-order valence-electron chi connectivity index (χ0n) is 58.4. The van der Waals surface area contributed by atoms with Gasteiger partial charge < -0.3 is 65.1 Å². The number of aliphatic hydroxyl groups excluding tert-OH is 8. The van der Waals surface area contributed by atoms with Crippen LogP contribution in [0.1, 0.15) is 373 Å². The van der Waals surface area contributed by atoms with Gasteiger partial charge in [-0.2, -0.15) is 0 Å². The van der Waals surface area contributed by atoms with Crippen LogP contribution in [0.4, 0.5) is 0 Å². The minimum Gasteiger partial charge on any atom is -0.394 e. The molecule has 90 heavy (non-hydrogen) atoms. The van der Waals surface area contributed by atoms with E-state index in [-0.39, 0.29) is 12.5 Å². The van der Waals surface area contributed by atoms with Crippen LogP contribution in [0.2, 0.25) is 0 Å². The van der Waals surface area contributed by atoms with Gasteiger partial charge in [0.1, 0.15) is 48.8 Å². The van der Waals surface area contributed by atoms with Crippen molar-refractivity contribution < 1.29 is 64.6 Å². The van der Waals surface area contributed by atoms with E-state index in [0.29, 0.717) is 12.8 Å². The van der Waals surface area contributed by atoms with Crippen molar-refractivity contribution in [2.24, 2.45) is 0 Å². The maximum absolute atomic E-state index is 13.4. The third-order valence-corrected chi connectivity index (χ3v) is 19.5. The third kappa shape index (κ3) is 44.5. The summed E-state index contributed by atoms with van der Waals surface area (Å²) in [4.78, 5) is 13.4. The average molecular weight is 1280 g/mol. The topological polar surface area (TPSA) is 228 Å². The van der Waals surface area contributed by atoms with Crippen molar-refractivity contribution in [2.45, 2.75) is 447 Å². The Morgan fingerprint density at radius 2 is 0.700 bits per heavy atom. The fourth-order valence-corrected chi connectivity index (χ4v) is 13.3. The molecule has 2 saturated heterocycles. The smallest absolute Gasteiger partial charge is 0.220 e. The molecule has 1 amide bonds. The number of aliphatic hydroxyl groups is 8. The summed E-state index contributed by atoms with van der Waals surface area (Å²) < 4.78 is 23.0. The molecule has 2 fully saturated rings. The number of rotatable bonds is 66. The van der Waals surface area contributed by atoms with Crippen LogP contribution < -0.4 is 5.32 Å². The minimum absolute atomic E-state index is 0.200. The molecular formula is C76H147NO13. The van der Waals surface area contributed by atoms with Gasteiger partial charge in [-0.3, -0.25) is 4.79 Å². The predicted molar refractivity (Wildman–Crippen MR) is 369 cm³/mol. The fraction of sp³-hybridized carbons (Fsp3) is 0.961. The molecule has 2 aliphatic rings. The van der Waals surface area contributed by atoms with E-state index in [9.17, 15) is 45.6 Å². The van der Waals surface area contributed by atoms with Gasteiger partial charge in [0.2, 0.25) is 5.91 Å². The first-order valence-corrected chi connectivity index (χ1v) is 38.9. The fourth-order valence-electron chi connectivity index (χ4n) is 13.3. The van der Waals surface area contributed by atoms with Crippen LogP contribution in [-0.4, -0.2) is 140 Å². The lowest BCUT2D eigenvalue weighted by Crippen LogP contribution is -2.65. The van der Waals surface area contributed by atoms with Crippen molar-refractivity contribution in [1.29, 1.82) is 0 Å². The lowest BCUT2D eigenvalue weighted by atomic mass is 9.97. The summed E-state index contributed by atoms with van der Waals surface area (Å²) in [7, 11) is 0. The van der Waals surface area contributed by atoms with E-state index in [4.69, 9.17) is 18.9 Å². The molecule has 12 atom stereocenters. The Labute approximate surface area is 552 Å². The van der Waals surface area contributed by atoms with E-state index in [1.54, 1.807) is 0 Å². The number of nitrogens with one attached hydrogen (secondary N) is 1. The Balaban J connectivity index is 1.61. The molecule has 12 unspecified atom stereocenters. The lowest BCUT2D eigenvalue weighted by molar-refractivity contribution is -0.359. The number of unbranched alkanes of at least 4 members (excludes halogenated alkanes) is 51. The van der Waals surface area contributed by atoms with Gasteiger partial charge in [0, 0.05) is 6.42 Å². The Hall–Kier alpha value is -1.27. The maximum Gasteiger partial charge on any atom is 0.220 e. The molecule has 0 saturated carbocycles. The lowest BCUT2D eigenvalue weighted by Gasteiger charge is -2.46. The standard InChI is InChI=1S/C76H147NO13/c1-3-5-7-9-11-13-15-17-19-21-23-25-27-28-29-30-31-32-33-34-35-36-38-39-41-43-45-47-49-51-53-55-57-59-65(80)64(63-87-75-73(86)71(84)74(67(62-79)89-75)90-76-72(85)70(83)69(82)66(61-78)88-76)77-68(81)60-58-56-54-52-50-48-46-44-42-40-37-26-24-22-20-18-16-14-12-10-8-6-4-2/h22,24,64-67,69-76,78-80,82-86H,3-21,23,25-63H2,1-2H3,(H,77,81)/b24-22-. The molecule has 0 aliphatic carbocycles. The molecule has 0 aromatic rings. The first kappa shape index (κ1) is 84.8. The van der Waals surface area contributed by atoms with Crippen LogP contribution in [0, 0.1) is 0 Å². The number of hydrogen-bond acceptors (Lipinski definition) is 13. The van der Waals surface area contributed by atoms with Crippen molar-refractivity contribution in [1.82, 2.24) is 5.32 Å². The molecule has 534 valence electrons. The Kier molecular flexibility index (Phi) is 57.8. The Morgan fingerprint density at radius 3 is 1.06 bits per heavy atom. The normalized spacial score (nSPS) is 22.9. The minimum atomic E-state index is -1.78. The number of carbonyl (C=O) groups is 1. The summed E-state index contributed by atoms with van der Waals surface area (Å²) in [5.74, 6) is -0.200. The highest BCUT2D eigenvalue weighted by Crippen LogP contribution is 2.30. The number of allylic oxidation sites excluding steroid dienone is 2. The Morgan fingerprint density at radius 1 is 0.389 bits per heavy atom. The summed E-state index contributed by atoms with van der Waals surface area (Å²) in [6.45, 7) is 2.93. The molecule has 0 radical (unpaired) electrons. The molecule has 2 aliphatic heterocycles. The van der Waals surface area contributed by atoms with Crippen LogP contribution in [0.5, 0.6) is 0 Å². The molecule has 0 aromatic heterocycles. The van der Waals surface area contributed by atoms with Gasteiger partial charge in [0.05, 0.1) is 32.0 Å². The van der Waals surface area contributed by atoms with Crippen LogP contribution in [0.15, 0.2) is 12.2 Å². The number of ether oxygens (including phenoxy) is 4. The molecule has 0 bridgehead atoms. The summed E-state index contributed by atoms with van der Waals surface area (Å²) >= 11 is 0. The largest absolute Gasteiger partial charge is 0.394 e. The highest BCUT2D eigenvalue weighted by molar-refractivity contribution is 5.76. The van der Waals surface area contributed by atoms with E-state index in [2.05, 4.69) is 31.3 Å². The number of carbonyl (C=O) groups excluding carboxylic acids is 1. The number of hydrogen-bond donors (Lipinski definition) is 9. The second-order valence-electron chi connectivity index (χ2n) is 27.8.